The van der Waals surface area contributed by atoms with E-state index in [4.69, 9.17) is 4.74 Å². The summed E-state index contributed by atoms with van der Waals surface area (Å²) in [6.07, 6.45) is 1.41. The number of para-hydroxylation sites is 1. The number of nitrogens with zero attached hydrogens (tertiary/aromatic N) is 4. The lowest BCUT2D eigenvalue weighted by Gasteiger charge is -2.10. The first kappa shape index (κ1) is 16.6. The van der Waals surface area contributed by atoms with Crippen LogP contribution < -0.4 is 10.1 Å². The number of benzene rings is 1. The highest BCUT2D eigenvalue weighted by atomic mass is 16.5. The summed E-state index contributed by atoms with van der Waals surface area (Å²) in [5.41, 5.74) is 2.31. The van der Waals surface area contributed by atoms with E-state index in [1.54, 1.807) is 14.0 Å². The van der Waals surface area contributed by atoms with Gasteiger partial charge in [0, 0.05) is 11.6 Å². The second kappa shape index (κ2) is 6.68. The highest BCUT2D eigenvalue weighted by Crippen LogP contribution is 2.26. The van der Waals surface area contributed by atoms with Gasteiger partial charge >= 0.3 is 5.97 Å². The Morgan fingerprint density at radius 1 is 1.04 bits per heavy atom. The fourth-order valence-electron chi connectivity index (χ4n) is 2.44. The first-order valence-electron chi connectivity index (χ1n) is 7.54. The number of carbonyl (C=O) groups is 1. The van der Waals surface area contributed by atoms with Crippen LogP contribution in [0.15, 0.2) is 24.4 Å². The molecule has 8 nitrogen and oxygen atoms in total. The van der Waals surface area contributed by atoms with Crippen molar-refractivity contribution < 1.29 is 14.3 Å². The fraction of sp³-hybridized carbons (Fsp3) is 0.235. The summed E-state index contributed by atoms with van der Waals surface area (Å²) in [5.74, 6) is 0.814. The van der Waals surface area contributed by atoms with Crippen LogP contribution in [0.4, 0.5) is 11.9 Å². The molecule has 0 spiro atoms. The van der Waals surface area contributed by atoms with Gasteiger partial charge in [-0.1, -0.05) is 12.1 Å². The van der Waals surface area contributed by atoms with Crippen molar-refractivity contribution in [2.45, 2.75) is 13.8 Å². The largest absolute Gasteiger partial charge is 0.494 e. The van der Waals surface area contributed by atoms with Crippen LogP contribution in [0.25, 0.3) is 10.9 Å². The third-order valence-electron chi connectivity index (χ3n) is 3.71. The maximum absolute atomic E-state index is 11.6. The molecular formula is C17H17N5O3. The Balaban J connectivity index is 1.98. The number of fused-ring (bicyclic) bond motifs is 1. The molecule has 0 unspecified atom stereocenters. The van der Waals surface area contributed by atoms with Gasteiger partial charge in [-0.3, -0.25) is 5.32 Å². The molecule has 8 heteroatoms. The number of methoxy groups -OCH3 is 2. The van der Waals surface area contributed by atoms with Crippen LogP contribution in [-0.2, 0) is 4.74 Å². The van der Waals surface area contributed by atoms with Crippen LogP contribution in [-0.4, -0.2) is 40.1 Å². The third kappa shape index (κ3) is 3.18. The summed E-state index contributed by atoms with van der Waals surface area (Å²) in [4.78, 5) is 28.9. The van der Waals surface area contributed by atoms with Gasteiger partial charge < -0.3 is 9.47 Å². The van der Waals surface area contributed by atoms with Crippen molar-refractivity contribution in [3.63, 3.8) is 0 Å². The van der Waals surface area contributed by atoms with Crippen LogP contribution in [0.1, 0.15) is 21.7 Å². The Morgan fingerprint density at radius 3 is 2.48 bits per heavy atom. The zero-order valence-electron chi connectivity index (χ0n) is 14.3. The minimum Gasteiger partial charge on any atom is -0.494 e. The first-order valence-corrected chi connectivity index (χ1v) is 7.54. The van der Waals surface area contributed by atoms with Gasteiger partial charge in [-0.05, 0) is 19.9 Å². The molecule has 0 aliphatic rings. The molecule has 0 aliphatic carbocycles. The van der Waals surface area contributed by atoms with Crippen LogP contribution in [0.2, 0.25) is 0 Å². The minimum atomic E-state index is -0.480. The maximum Gasteiger partial charge on any atom is 0.341 e. The normalized spacial score (nSPS) is 10.6. The summed E-state index contributed by atoms with van der Waals surface area (Å²) in [5, 5.41) is 3.87. The van der Waals surface area contributed by atoms with E-state index in [0.717, 1.165) is 11.1 Å². The molecule has 0 radical (unpaired) electrons. The molecule has 0 saturated carbocycles. The van der Waals surface area contributed by atoms with Crippen LogP contribution in [0.3, 0.4) is 0 Å². The van der Waals surface area contributed by atoms with Crippen LogP contribution in [0.5, 0.6) is 5.75 Å². The summed E-state index contributed by atoms with van der Waals surface area (Å²) in [6.45, 7) is 3.59. The monoisotopic (exact) mass is 339 g/mol. The smallest absolute Gasteiger partial charge is 0.341 e. The number of ether oxygens (including phenoxy) is 2. The Hall–Kier alpha value is -3.29. The molecule has 0 aliphatic heterocycles. The lowest BCUT2D eigenvalue weighted by Crippen LogP contribution is -2.09. The number of carbonyl (C=O) groups excluding carboxylic acids is 1. The number of esters is 1. The fourth-order valence-corrected chi connectivity index (χ4v) is 2.44. The van der Waals surface area contributed by atoms with Gasteiger partial charge in [0.05, 0.1) is 31.2 Å². The molecule has 25 heavy (non-hydrogen) atoms. The lowest BCUT2D eigenvalue weighted by atomic mass is 10.2. The van der Waals surface area contributed by atoms with Gasteiger partial charge in [-0.2, -0.15) is 0 Å². The number of aryl methyl sites for hydroxylation is 2. The first-order chi connectivity index (χ1) is 12.0. The number of nitrogens with one attached hydrogen (secondary N) is 1. The molecule has 1 N–H and O–H groups in total. The predicted molar refractivity (Wildman–Crippen MR) is 92.2 cm³/mol. The Labute approximate surface area is 144 Å². The van der Waals surface area contributed by atoms with Crippen molar-refractivity contribution in [1.82, 2.24) is 19.9 Å². The lowest BCUT2D eigenvalue weighted by molar-refractivity contribution is 0.0599. The highest BCUT2D eigenvalue weighted by molar-refractivity contribution is 5.90. The maximum atomic E-state index is 11.6. The third-order valence-corrected chi connectivity index (χ3v) is 3.71. The second-order valence-electron chi connectivity index (χ2n) is 5.30. The summed E-state index contributed by atoms with van der Waals surface area (Å²) >= 11 is 0. The van der Waals surface area contributed by atoms with Crippen LogP contribution in [0, 0.1) is 13.8 Å². The molecule has 1 aromatic carbocycles. The quantitative estimate of drug-likeness (QED) is 0.724. The van der Waals surface area contributed by atoms with Crippen LogP contribution >= 0.6 is 0 Å². The highest BCUT2D eigenvalue weighted by Gasteiger charge is 2.13. The topological polar surface area (TPSA) is 99.1 Å². The van der Waals surface area contributed by atoms with E-state index >= 15 is 0 Å². The SMILES string of the molecule is COC(=O)c1cnc(Nc2nc(C)c3cccc(OC)c3n2)nc1C. The van der Waals surface area contributed by atoms with E-state index in [1.807, 2.05) is 25.1 Å². The van der Waals surface area contributed by atoms with Crippen molar-refractivity contribution in [2.75, 3.05) is 19.5 Å². The molecule has 0 saturated heterocycles. The van der Waals surface area contributed by atoms with E-state index in [1.165, 1.54) is 13.3 Å². The van der Waals surface area contributed by atoms with Crippen molar-refractivity contribution in [3.05, 3.63) is 41.3 Å². The van der Waals surface area contributed by atoms with Gasteiger partial charge in [-0.15, -0.1) is 0 Å². The number of hydrogen-bond acceptors (Lipinski definition) is 8. The molecule has 128 valence electrons. The Morgan fingerprint density at radius 2 is 1.80 bits per heavy atom. The molecule has 0 fully saturated rings. The van der Waals surface area contributed by atoms with E-state index in [0.29, 0.717) is 34.4 Å². The second-order valence-corrected chi connectivity index (χ2v) is 5.30. The van der Waals surface area contributed by atoms with Gasteiger partial charge in [0.1, 0.15) is 11.3 Å². The summed E-state index contributed by atoms with van der Waals surface area (Å²) < 4.78 is 10.0. The predicted octanol–water partition coefficient (Wildman–Crippen LogP) is 2.58. The zero-order valence-corrected chi connectivity index (χ0v) is 14.3. The Bertz CT molecular complexity index is 958. The van der Waals surface area contributed by atoms with Crippen molar-refractivity contribution in [1.29, 1.82) is 0 Å². The van der Waals surface area contributed by atoms with E-state index in [-0.39, 0.29) is 0 Å². The summed E-state index contributed by atoms with van der Waals surface area (Å²) in [6, 6.07) is 5.66. The van der Waals surface area contributed by atoms with E-state index in [2.05, 4.69) is 30.0 Å². The van der Waals surface area contributed by atoms with Gasteiger partial charge in [0.15, 0.2) is 0 Å². The molecule has 0 atom stereocenters. The average Bonchev–Trinajstić information content (AvgIpc) is 2.61. The zero-order chi connectivity index (χ0) is 18.0. The molecule has 0 bridgehead atoms. The molecule has 2 aromatic heterocycles. The average molecular weight is 339 g/mol. The molecular weight excluding hydrogens is 322 g/mol. The molecule has 0 amide bonds. The van der Waals surface area contributed by atoms with Crippen molar-refractivity contribution in [3.8, 4) is 5.75 Å². The van der Waals surface area contributed by atoms with Crippen molar-refractivity contribution in [2.24, 2.45) is 0 Å². The van der Waals surface area contributed by atoms with E-state index in [9.17, 15) is 4.79 Å². The number of hydrogen-bond donors (Lipinski definition) is 1. The Kier molecular flexibility index (Phi) is 4.42. The van der Waals surface area contributed by atoms with Gasteiger partial charge in [-0.25, -0.2) is 24.7 Å². The summed E-state index contributed by atoms with van der Waals surface area (Å²) in [7, 11) is 2.91. The van der Waals surface area contributed by atoms with Gasteiger partial charge in [0.2, 0.25) is 11.9 Å². The van der Waals surface area contributed by atoms with E-state index < -0.39 is 5.97 Å². The number of rotatable bonds is 4. The molecule has 3 rings (SSSR count). The minimum absolute atomic E-state index is 0.291. The van der Waals surface area contributed by atoms with Crippen molar-refractivity contribution >= 4 is 28.8 Å². The number of anilines is 2. The number of aromatic nitrogens is 4. The van der Waals surface area contributed by atoms with Gasteiger partial charge in [0.25, 0.3) is 0 Å². The molecule has 3 aromatic rings. The standard InChI is InChI=1S/C17H17N5O3/c1-9-11-6-5-7-13(24-3)14(11)21-17(20-9)22-16-18-8-12(10(2)19-16)15(23)25-4/h5-8H,1-4H3,(H,18,19,20,21,22). The molecule has 2 heterocycles.